The molecule has 0 heterocycles. The molecular formula is C54H36. The number of hydrogen-bond acceptors (Lipinski definition) is 0. The van der Waals surface area contributed by atoms with Crippen LogP contribution < -0.4 is 0 Å². The Balaban J connectivity index is 1.46. The number of rotatable bonds is 6. The van der Waals surface area contributed by atoms with E-state index in [9.17, 15) is 5.48 Å². The van der Waals surface area contributed by atoms with Gasteiger partial charge in [-0.2, -0.15) is 0 Å². The molecule has 0 aliphatic rings. The molecule has 10 aromatic carbocycles. The van der Waals surface area contributed by atoms with E-state index < -0.39 is 60.4 Å². The first-order valence-corrected chi connectivity index (χ1v) is 17.8. The van der Waals surface area contributed by atoms with E-state index in [1.165, 1.54) is 0 Å². The van der Waals surface area contributed by atoms with E-state index in [-0.39, 0.29) is 38.7 Å². The van der Waals surface area contributed by atoms with E-state index in [4.69, 9.17) is 9.60 Å². The molecule has 0 aliphatic heterocycles. The average Bonchev–Trinajstić information content (AvgIpc) is 3.35. The summed E-state index contributed by atoms with van der Waals surface area (Å²) in [5.74, 6) is 0. The highest BCUT2D eigenvalue weighted by atomic mass is 14.3. The van der Waals surface area contributed by atoms with Crippen molar-refractivity contribution in [1.82, 2.24) is 0 Å². The summed E-state index contributed by atoms with van der Waals surface area (Å²) in [7, 11) is 0. The minimum absolute atomic E-state index is 0.0144. The Labute approximate surface area is 331 Å². The maximum absolute atomic E-state index is 9.81. The fraction of sp³-hybridized carbons (Fsp3) is 0. The Hall–Kier alpha value is -7.02. The second kappa shape index (κ2) is 13.5. The predicted molar refractivity (Wildman–Crippen MR) is 232 cm³/mol. The van der Waals surface area contributed by atoms with Crippen LogP contribution in [0.4, 0.5) is 0 Å². The van der Waals surface area contributed by atoms with Crippen LogP contribution in [0.15, 0.2) is 218 Å². The second-order valence-electron chi connectivity index (χ2n) is 13.1. The zero-order valence-electron chi connectivity index (χ0n) is 39.9. The van der Waals surface area contributed by atoms with Crippen LogP contribution in [0.2, 0.25) is 0 Å². The highest BCUT2D eigenvalue weighted by molar-refractivity contribution is 6.25. The van der Waals surface area contributed by atoms with Crippen LogP contribution in [-0.2, 0) is 0 Å². The first-order chi connectivity index (χ1) is 31.4. The van der Waals surface area contributed by atoms with Crippen molar-refractivity contribution < 1.29 is 15.1 Å². The molecule has 10 aromatic rings. The standard InChI is InChI=1S/C54H36/c1-4-19-37(20-5-1)42-27-12-13-29-44(42)41-35-50(39-21-6-2-7-22-39)54(51(36-41)40-23-8-3-9-24-40)53-48-32-16-14-30-46(48)52(47-31-15-17-33-49(47)53)45-34-18-26-38-25-10-11-28-43(38)45/h1-36H/i10D,11D,14D,16D,18D,25D,26D,28D,30D,32D,34D. The summed E-state index contributed by atoms with van der Waals surface area (Å²) in [6.07, 6.45) is 0. The van der Waals surface area contributed by atoms with Crippen molar-refractivity contribution in [2.24, 2.45) is 0 Å². The van der Waals surface area contributed by atoms with Gasteiger partial charge in [0.25, 0.3) is 0 Å². The molecule has 0 saturated carbocycles. The fourth-order valence-electron chi connectivity index (χ4n) is 7.76. The lowest BCUT2D eigenvalue weighted by Crippen LogP contribution is -1.97. The molecule has 54 heavy (non-hydrogen) atoms. The second-order valence-corrected chi connectivity index (χ2v) is 13.1. The van der Waals surface area contributed by atoms with Gasteiger partial charge in [-0.05, 0) is 111 Å². The van der Waals surface area contributed by atoms with Gasteiger partial charge < -0.3 is 0 Å². The molecule has 0 radical (unpaired) electrons. The van der Waals surface area contributed by atoms with Crippen molar-refractivity contribution >= 4 is 32.3 Å². The molecule has 0 bridgehead atoms. The molecule has 0 fully saturated rings. The van der Waals surface area contributed by atoms with E-state index in [1.807, 2.05) is 103 Å². The fourth-order valence-corrected chi connectivity index (χ4v) is 7.76. The number of fused-ring (bicyclic) bond motifs is 3. The molecule has 0 aromatic heterocycles. The lowest BCUT2D eigenvalue weighted by atomic mass is 9.79. The Bertz CT molecular complexity index is 3520. The van der Waals surface area contributed by atoms with E-state index >= 15 is 0 Å². The van der Waals surface area contributed by atoms with Crippen molar-refractivity contribution in [1.29, 1.82) is 0 Å². The van der Waals surface area contributed by atoms with E-state index in [2.05, 4.69) is 36.4 Å². The van der Waals surface area contributed by atoms with Gasteiger partial charge in [-0.1, -0.05) is 206 Å². The third-order valence-corrected chi connectivity index (χ3v) is 10.1. The molecule has 0 saturated heterocycles. The van der Waals surface area contributed by atoms with E-state index in [1.54, 1.807) is 12.1 Å². The van der Waals surface area contributed by atoms with Gasteiger partial charge in [-0.3, -0.25) is 0 Å². The van der Waals surface area contributed by atoms with Crippen molar-refractivity contribution in [2.45, 2.75) is 0 Å². The molecule has 0 amide bonds. The molecule has 252 valence electrons. The minimum atomic E-state index is -0.596. The van der Waals surface area contributed by atoms with Crippen LogP contribution in [0.25, 0.3) is 99.1 Å². The normalized spacial score (nSPS) is 14.2. The molecular weight excluding hydrogens is 649 g/mol. The van der Waals surface area contributed by atoms with Crippen LogP contribution in [-0.4, -0.2) is 0 Å². The number of hydrogen-bond donors (Lipinski definition) is 0. The SMILES string of the molecule is [2H]c1c([2H])c([2H])c2c(-c3c4ccccc4c(-c4c(-c5ccccc5)cc(-c5ccccc5-c5ccccc5)cc4-c4ccccc4)c4c([2H])c([2H])c([2H])c([2H])c34)c([2H])c([2H])c([2H])c2c1[2H]. The third-order valence-electron chi connectivity index (χ3n) is 10.1. The summed E-state index contributed by atoms with van der Waals surface area (Å²) in [4.78, 5) is 0. The molecule has 0 atom stereocenters. The lowest BCUT2D eigenvalue weighted by Gasteiger charge is -2.24. The van der Waals surface area contributed by atoms with Gasteiger partial charge in [-0.15, -0.1) is 0 Å². The van der Waals surface area contributed by atoms with Gasteiger partial charge in [-0.25, -0.2) is 0 Å². The maximum Gasteiger partial charge on any atom is 0.0629 e. The van der Waals surface area contributed by atoms with Gasteiger partial charge >= 0.3 is 0 Å². The largest absolute Gasteiger partial charge is 0.0629 e. The molecule has 0 nitrogen and oxygen atoms in total. The van der Waals surface area contributed by atoms with Crippen LogP contribution in [0.5, 0.6) is 0 Å². The van der Waals surface area contributed by atoms with Crippen LogP contribution in [0, 0.1) is 0 Å². The molecule has 10 rings (SSSR count). The van der Waals surface area contributed by atoms with Crippen molar-refractivity contribution in [3.63, 3.8) is 0 Å². The monoisotopic (exact) mass is 695 g/mol. The Morgan fingerprint density at radius 2 is 0.685 bits per heavy atom. The van der Waals surface area contributed by atoms with Crippen molar-refractivity contribution in [3.8, 4) is 66.8 Å². The topological polar surface area (TPSA) is 0 Å². The first-order valence-electron chi connectivity index (χ1n) is 23.3. The van der Waals surface area contributed by atoms with Crippen molar-refractivity contribution in [3.05, 3.63) is 218 Å². The summed E-state index contributed by atoms with van der Waals surface area (Å²) in [5.41, 5.74) is 8.38. The summed E-state index contributed by atoms with van der Waals surface area (Å²) in [5, 5.41) is 0.688. The van der Waals surface area contributed by atoms with Gasteiger partial charge in [0.05, 0.1) is 15.1 Å². The van der Waals surface area contributed by atoms with Crippen LogP contribution >= 0.6 is 0 Å². The van der Waals surface area contributed by atoms with Gasteiger partial charge in [0.15, 0.2) is 0 Å². The molecule has 0 aliphatic carbocycles. The smallest absolute Gasteiger partial charge is 0.0622 e. The predicted octanol–water partition coefficient (Wildman–Crippen LogP) is 15.1. The third kappa shape index (κ3) is 5.40. The first kappa shape index (κ1) is 22.1. The Morgan fingerprint density at radius 1 is 0.259 bits per heavy atom. The summed E-state index contributed by atoms with van der Waals surface area (Å²) in [6.45, 7) is 0. The van der Waals surface area contributed by atoms with E-state index in [0.29, 0.717) is 21.9 Å². The Kier molecular flexibility index (Phi) is 5.54. The Morgan fingerprint density at radius 3 is 1.28 bits per heavy atom. The molecule has 0 N–H and O–H groups in total. The maximum atomic E-state index is 9.81. The van der Waals surface area contributed by atoms with Crippen molar-refractivity contribution in [2.75, 3.05) is 0 Å². The minimum Gasteiger partial charge on any atom is -0.0622 e. The highest BCUT2D eigenvalue weighted by Gasteiger charge is 2.24. The lowest BCUT2D eigenvalue weighted by molar-refractivity contribution is 1.55. The summed E-state index contributed by atoms with van der Waals surface area (Å²) < 4.78 is 100. The zero-order chi connectivity index (χ0) is 45.4. The molecule has 0 spiro atoms. The summed E-state index contributed by atoms with van der Waals surface area (Å²) >= 11 is 0. The van der Waals surface area contributed by atoms with E-state index in [0.717, 1.165) is 44.5 Å². The van der Waals surface area contributed by atoms with Gasteiger partial charge in [0.1, 0.15) is 0 Å². The van der Waals surface area contributed by atoms with Gasteiger partial charge in [0, 0.05) is 0 Å². The summed E-state index contributed by atoms with van der Waals surface area (Å²) in [6, 6.07) is 43.9. The van der Waals surface area contributed by atoms with Crippen LogP contribution in [0.1, 0.15) is 15.1 Å². The van der Waals surface area contributed by atoms with Gasteiger partial charge in [0.2, 0.25) is 0 Å². The molecule has 0 heteroatoms. The average molecular weight is 696 g/mol. The zero-order valence-corrected chi connectivity index (χ0v) is 28.9. The van der Waals surface area contributed by atoms with Crippen LogP contribution in [0.3, 0.4) is 0 Å². The number of benzene rings is 10. The quantitative estimate of drug-likeness (QED) is 0.152. The highest BCUT2D eigenvalue weighted by Crippen LogP contribution is 2.51. The molecule has 0 unspecified atom stereocenters.